The van der Waals surface area contributed by atoms with Crippen LogP contribution < -0.4 is 0 Å². The quantitative estimate of drug-likeness (QED) is 0.429. The van der Waals surface area contributed by atoms with Crippen molar-refractivity contribution in [2.24, 2.45) is 23.2 Å². The average molecular weight is 375 g/mol. The second-order valence-electron chi connectivity index (χ2n) is 7.62. The molecule has 0 saturated heterocycles. The Morgan fingerprint density at radius 3 is 1.96 bits per heavy atom. The second kappa shape index (κ2) is 5.55. The molecule has 4 unspecified atom stereocenters. The average Bonchev–Trinajstić information content (AvgIpc) is 2.95. The number of carbonyl (C=O) groups is 1. The van der Waals surface area contributed by atoms with Crippen molar-refractivity contribution in [1.29, 1.82) is 0 Å². The van der Waals surface area contributed by atoms with Crippen molar-refractivity contribution < 1.29 is 40.1 Å². The number of carbonyl (C=O) groups excluding carboxylic acids is 1. The molecule has 24 heavy (non-hydrogen) atoms. The molecule has 0 radical (unpaired) electrons. The molecular weight excluding hydrogens is 356 g/mol. The first kappa shape index (κ1) is 19.4. The molecule has 0 amide bonds. The van der Waals surface area contributed by atoms with Gasteiger partial charge in [0, 0.05) is 5.92 Å². The molecule has 2 fully saturated rings. The number of alkyl halides is 4. The van der Waals surface area contributed by atoms with Crippen molar-refractivity contribution in [2.45, 2.75) is 57.3 Å². The van der Waals surface area contributed by atoms with Gasteiger partial charge < -0.3 is 9.29 Å². The Kier molecular flexibility index (Phi) is 4.49. The van der Waals surface area contributed by atoms with E-state index >= 15 is 0 Å². The van der Waals surface area contributed by atoms with Gasteiger partial charge in [-0.05, 0) is 51.9 Å². The van der Waals surface area contributed by atoms with Crippen molar-refractivity contribution >= 4 is 16.1 Å². The summed E-state index contributed by atoms with van der Waals surface area (Å²) in [7, 11) is -6.48. The van der Waals surface area contributed by atoms with Crippen LogP contribution in [0.2, 0.25) is 0 Å². The van der Waals surface area contributed by atoms with Gasteiger partial charge in [0.05, 0.1) is 5.41 Å². The summed E-state index contributed by atoms with van der Waals surface area (Å²) in [4.78, 5) is 11.9. The van der Waals surface area contributed by atoms with Crippen molar-refractivity contribution in [3.63, 3.8) is 0 Å². The van der Waals surface area contributed by atoms with Gasteiger partial charge in [-0.15, -0.1) is 0 Å². The number of halogens is 4. The number of esters is 1. The van der Waals surface area contributed by atoms with Crippen LogP contribution in [0.5, 0.6) is 0 Å². The maximum Gasteiger partial charge on any atom is 0.396 e. The summed E-state index contributed by atoms with van der Waals surface area (Å²) in [6.45, 7) is 4.87. The molecule has 2 aliphatic carbocycles. The lowest BCUT2D eigenvalue weighted by molar-refractivity contribution is -0.207. The van der Waals surface area contributed by atoms with Crippen molar-refractivity contribution in [2.75, 3.05) is 0 Å². The van der Waals surface area contributed by atoms with Crippen LogP contribution in [-0.2, 0) is 19.6 Å². The molecule has 0 N–H and O–H groups in total. The van der Waals surface area contributed by atoms with Crippen molar-refractivity contribution in [1.82, 2.24) is 0 Å². The fourth-order valence-electron chi connectivity index (χ4n) is 3.51. The summed E-state index contributed by atoms with van der Waals surface area (Å²) in [5.41, 5.74) is -0.783. The van der Waals surface area contributed by atoms with Crippen LogP contribution in [0.3, 0.4) is 0 Å². The molecule has 2 aliphatic rings. The summed E-state index contributed by atoms with van der Waals surface area (Å²) in [5, 5.41) is -5.66. The minimum atomic E-state index is -6.48. The van der Waals surface area contributed by atoms with Gasteiger partial charge in [-0.25, -0.2) is 8.42 Å². The van der Waals surface area contributed by atoms with E-state index in [0.717, 1.165) is 0 Å². The maximum atomic E-state index is 14.0. The largest absolute Gasteiger partial charge is 0.743 e. The van der Waals surface area contributed by atoms with E-state index in [-0.39, 0.29) is 12.8 Å². The highest BCUT2D eigenvalue weighted by Crippen LogP contribution is 2.58. The zero-order valence-electron chi connectivity index (χ0n) is 13.4. The highest BCUT2D eigenvalue weighted by Gasteiger charge is 2.69. The molecule has 5 nitrogen and oxygen atoms in total. The molecule has 0 aliphatic heterocycles. The van der Waals surface area contributed by atoms with Crippen LogP contribution in [-0.4, -0.2) is 36.2 Å². The monoisotopic (exact) mass is 375 g/mol. The predicted molar refractivity (Wildman–Crippen MR) is 73.2 cm³/mol. The Hall–Kier alpha value is -0.900. The van der Waals surface area contributed by atoms with E-state index in [1.165, 1.54) is 0 Å². The highest BCUT2D eigenvalue weighted by atomic mass is 32.2. The van der Waals surface area contributed by atoms with E-state index in [1.807, 2.05) is 0 Å². The lowest BCUT2D eigenvalue weighted by atomic mass is 9.82. The minimum absolute atomic E-state index is 0.0400. The summed E-state index contributed by atoms with van der Waals surface area (Å²) in [5.74, 6) is -8.86. The van der Waals surface area contributed by atoms with Gasteiger partial charge >= 0.3 is 17.1 Å². The van der Waals surface area contributed by atoms with Crippen LogP contribution in [0.1, 0.15) is 40.0 Å². The van der Waals surface area contributed by atoms with E-state index in [1.54, 1.807) is 20.8 Å². The number of fused-ring (bicyclic) bond motifs is 2. The Morgan fingerprint density at radius 2 is 1.58 bits per heavy atom. The van der Waals surface area contributed by atoms with Gasteiger partial charge in [-0.3, -0.25) is 4.79 Å². The molecule has 2 rings (SSSR count). The molecule has 10 heteroatoms. The molecular formula is C14H19F4O5S-. The smallest absolute Gasteiger partial charge is 0.396 e. The molecule has 0 aromatic carbocycles. The predicted octanol–water partition coefficient (Wildman–Crippen LogP) is 2.76. The van der Waals surface area contributed by atoms with E-state index < -0.39 is 63.0 Å². The molecule has 2 bridgehead atoms. The Balaban J connectivity index is 2.12. The summed E-state index contributed by atoms with van der Waals surface area (Å²) < 4.78 is 91.7. The number of hydrogen-bond donors (Lipinski definition) is 0. The van der Waals surface area contributed by atoms with Crippen LogP contribution >= 0.6 is 0 Å². The fraction of sp³-hybridized carbons (Fsp3) is 0.929. The van der Waals surface area contributed by atoms with Gasteiger partial charge in [-0.2, -0.15) is 17.6 Å². The number of ether oxygens (including phenoxy) is 1. The van der Waals surface area contributed by atoms with Crippen molar-refractivity contribution in [3.05, 3.63) is 0 Å². The van der Waals surface area contributed by atoms with Crippen LogP contribution in [0.25, 0.3) is 0 Å². The maximum absolute atomic E-state index is 14.0. The SMILES string of the molecule is CC(C)(C)C(=O)OC1CC2CC1CC2C(F)(F)C(F)(F)S(=O)(=O)[O-]. The zero-order valence-corrected chi connectivity index (χ0v) is 14.2. The van der Waals surface area contributed by atoms with Crippen molar-refractivity contribution in [3.8, 4) is 0 Å². The molecule has 140 valence electrons. The molecule has 0 spiro atoms. The van der Waals surface area contributed by atoms with Gasteiger partial charge in [-0.1, -0.05) is 0 Å². The molecule has 0 aromatic heterocycles. The van der Waals surface area contributed by atoms with E-state index in [9.17, 15) is 35.3 Å². The Bertz CT molecular complexity index is 626. The molecule has 0 heterocycles. The third-order valence-electron chi connectivity index (χ3n) is 4.83. The van der Waals surface area contributed by atoms with Crippen LogP contribution in [0.15, 0.2) is 0 Å². The molecule has 4 atom stereocenters. The molecule has 0 aromatic rings. The molecule has 2 saturated carbocycles. The zero-order chi connectivity index (χ0) is 18.7. The first-order valence-corrected chi connectivity index (χ1v) is 8.92. The normalized spacial score (nSPS) is 31.3. The second-order valence-corrected chi connectivity index (χ2v) is 9.04. The van der Waals surface area contributed by atoms with Gasteiger partial charge in [0.25, 0.3) is 0 Å². The summed E-state index contributed by atoms with van der Waals surface area (Å²) in [6.07, 6.45) is -0.963. The fourth-order valence-corrected chi connectivity index (χ4v) is 3.99. The van der Waals surface area contributed by atoms with Gasteiger partial charge in [0.1, 0.15) is 6.10 Å². The Morgan fingerprint density at radius 1 is 1.04 bits per heavy atom. The third-order valence-corrected chi connectivity index (χ3v) is 5.73. The van der Waals surface area contributed by atoms with Gasteiger partial charge in [0.2, 0.25) is 0 Å². The number of rotatable bonds is 4. The topological polar surface area (TPSA) is 83.5 Å². The summed E-state index contributed by atoms with van der Waals surface area (Å²) in [6, 6.07) is 0. The highest BCUT2D eigenvalue weighted by molar-refractivity contribution is 7.86. The summed E-state index contributed by atoms with van der Waals surface area (Å²) >= 11 is 0. The Labute approximate surface area is 137 Å². The van der Waals surface area contributed by atoms with Gasteiger partial charge in [0.15, 0.2) is 10.1 Å². The lowest BCUT2D eigenvalue weighted by Crippen LogP contribution is -2.53. The number of hydrogen-bond acceptors (Lipinski definition) is 5. The minimum Gasteiger partial charge on any atom is -0.743 e. The standard InChI is InChI=1S/C14H20F4O5S/c1-12(2,3)11(19)23-10-6-7-4-8(10)5-9(7)13(15,16)14(17,18)24(20,21)22/h7-10H,4-6H2,1-3H3,(H,20,21,22)/p-1. The van der Waals surface area contributed by atoms with E-state index in [4.69, 9.17) is 4.74 Å². The van der Waals surface area contributed by atoms with Crippen LogP contribution in [0, 0.1) is 23.2 Å². The van der Waals surface area contributed by atoms with E-state index in [2.05, 4.69) is 0 Å². The van der Waals surface area contributed by atoms with E-state index in [0.29, 0.717) is 0 Å². The lowest BCUT2D eigenvalue weighted by Gasteiger charge is -2.37. The first-order chi connectivity index (χ1) is 10.6. The first-order valence-electron chi connectivity index (χ1n) is 7.51. The third kappa shape index (κ3) is 3.02. The van der Waals surface area contributed by atoms with Crippen LogP contribution in [0.4, 0.5) is 17.6 Å².